The third-order valence-corrected chi connectivity index (χ3v) is 3.49. The molecule has 0 saturated heterocycles. The summed E-state index contributed by atoms with van der Waals surface area (Å²) in [5.74, 6) is 1.87. The van der Waals surface area contributed by atoms with Crippen molar-refractivity contribution in [1.29, 1.82) is 0 Å². The Bertz CT molecular complexity index is 534. The van der Waals surface area contributed by atoms with Crippen LogP contribution < -0.4 is 5.32 Å². The highest BCUT2D eigenvalue weighted by Gasteiger charge is 2.13. The normalized spacial score (nSPS) is 12.1. The first kappa shape index (κ1) is 13.3. The lowest BCUT2D eigenvalue weighted by Gasteiger charge is -2.19. The van der Waals surface area contributed by atoms with E-state index in [9.17, 15) is 0 Å². The molecule has 0 aliphatic heterocycles. The van der Waals surface area contributed by atoms with E-state index >= 15 is 0 Å². The predicted molar refractivity (Wildman–Crippen MR) is 75.9 cm³/mol. The zero-order valence-corrected chi connectivity index (χ0v) is 12.4. The fraction of sp³-hybridized carbons (Fsp3) is 0.500. The Labute approximate surface area is 112 Å². The van der Waals surface area contributed by atoms with Gasteiger partial charge in [-0.05, 0) is 40.7 Å². The number of furan rings is 1. The molecule has 0 atom stereocenters. The van der Waals surface area contributed by atoms with E-state index in [-0.39, 0.29) is 5.54 Å². The molecule has 0 aliphatic carbocycles. The number of hydrogen-bond donors (Lipinski definition) is 1. The van der Waals surface area contributed by atoms with Crippen LogP contribution in [0.4, 0.5) is 0 Å². The van der Waals surface area contributed by atoms with Crippen LogP contribution in [-0.4, -0.2) is 10.5 Å². The fourth-order valence-corrected chi connectivity index (χ4v) is 2.48. The van der Waals surface area contributed by atoms with Crippen LogP contribution in [0.25, 0.3) is 11.3 Å². The lowest BCUT2D eigenvalue weighted by molar-refractivity contribution is 0.424. The zero-order chi connectivity index (χ0) is 13.3. The molecule has 2 aromatic heterocycles. The average Bonchev–Trinajstić information content (AvgIpc) is 2.81. The molecule has 2 rings (SSSR count). The summed E-state index contributed by atoms with van der Waals surface area (Å²) in [6, 6.07) is 2.05. The average molecular weight is 264 g/mol. The third kappa shape index (κ3) is 3.21. The molecule has 0 radical (unpaired) electrons. The Hall–Kier alpha value is -1.13. The van der Waals surface area contributed by atoms with Crippen molar-refractivity contribution in [1.82, 2.24) is 10.3 Å². The van der Waals surface area contributed by atoms with Gasteiger partial charge in [-0.25, -0.2) is 4.98 Å². The van der Waals surface area contributed by atoms with Crippen molar-refractivity contribution in [3.63, 3.8) is 0 Å². The van der Waals surface area contributed by atoms with Crippen molar-refractivity contribution in [2.75, 3.05) is 0 Å². The van der Waals surface area contributed by atoms with Gasteiger partial charge in [-0.15, -0.1) is 11.3 Å². The van der Waals surface area contributed by atoms with Crippen molar-refractivity contribution in [3.05, 3.63) is 28.0 Å². The molecule has 0 unspecified atom stereocenters. The molecule has 0 saturated carbocycles. The molecule has 0 bridgehead atoms. The van der Waals surface area contributed by atoms with Crippen LogP contribution in [0.2, 0.25) is 0 Å². The van der Waals surface area contributed by atoms with E-state index in [4.69, 9.17) is 4.42 Å². The lowest BCUT2D eigenvalue weighted by Crippen LogP contribution is -2.34. The van der Waals surface area contributed by atoms with Gasteiger partial charge in [0.15, 0.2) is 0 Å². The van der Waals surface area contributed by atoms with Gasteiger partial charge in [0.25, 0.3) is 0 Å². The maximum Gasteiger partial charge on any atom is 0.110 e. The molecule has 18 heavy (non-hydrogen) atoms. The van der Waals surface area contributed by atoms with Crippen LogP contribution in [-0.2, 0) is 6.54 Å². The van der Waals surface area contributed by atoms with Gasteiger partial charge < -0.3 is 9.73 Å². The quantitative estimate of drug-likeness (QED) is 0.913. The van der Waals surface area contributed by atoms with Crippen molar-refractivity contribution in [3.8, 4) is 11.3 Å². The second-order valence-electron chi connectivity index (χ2n) is 5.56. The van der Waals surface area contributed by atoms with Gasteiger partial charge in [0, 0.05) is 23.0 Å². The highest BCUT2D eigenvalue weighted by molar-refractivity contribution is 7.09. The van der Waals surface area contributed by atoms with Crippen LogP contribution in [0.3, 0.4) is 0 Å². The van der Waals surface area contributed by atoms with E-state index in [1.54, 1.807) is 11.3 Å². The lowest BCUT2D eigenvalue weighted by atomic mass is 10.1. The number of thiazole rings is 1. The molecule has 2 heterocycles. The van der Waals surface area contributed by atoms with Crippen LogP contribution in [0, 0.1) is 13.8 Å². The Kier molecular flexibility index (Phi) is 3.59. The van der Waals surface area contributed by atoms with Crippen molar-refractivity contribution >= 4 is 11.3 Å². The molecular weight excluding hydrogens is 244 g/mol. The minimum Gasteiger partial charge on any atom is -0.466 e. The minimum atomic E-state index is 0.119. The summed E-state index contributed by atoms with van der Waals surface area (Å²) in [5.41, 5.74) is 2.24. The van der Waals surface area contributed by atoms with Crippen molar-refractivity contribution in [2.45, 2.75) is 46.7 Å². The molecule has 0 aliphatic rings. The first-order valence-electron chi connectivity index (χ1n) is 6.12. The first-order chi connectivity index (χ1) is 8.35. The number of rotatable bonds is 3. The number of hydrogen-bond acceptors (Lipinski definition) is 4. The van der Waals surface area contributed by atoms with E-state index in [0.29, 0.717) is 0 Å². The molecule has 0 amide bonds. The monoisotopic (exact) mass is 264 g/mol. The largest absolute Gasteiger partial charge is 0.466 e. The highest BCUT2D eigenvalue weighted by Crippen LogP contribution is 2.27. The molecule has 0 fully saturated rings. The zero-order valence-electron chi connectivity index (χ0n) is 11.6. The molecule has 0 spiro atoms. The minimum absolute atomic E-state index is 0.119. The maximum atomic E-state index is 5.54. The number of aryl methyl sites for hydroxylation is 2. The summed E-state index contributed by atoms with van der Waals surface area (Å²) in [6.45, 7) is 11.2. The number of nitrogens with one attached hydrogen (secondary N) is 1. The second kappa shape index (κ2) is 4.86. The van der Waals surface area contributed by atoms with Crippen LogP contribution in [0.1, 0.15) is 37.3 Å². The maximum absolute atomic E-state index is 5.54. The molecule has 3 nitrogen and oxygen atoms in total. The Morgan fingerprint density at radius 1 is 1.33 bits per heavy atom. The van der Waals surface area contributed by atoms with Crippen molar-refractivity contribution < 1.29 is 4.42 Å². The summed E-state index contributed by atoms with van der Waals surface area (Å²) in [5, 5.41) is 6.65. The summed E-state index contributed by atoms with van der Waals surface area (Å²) < 4.78 is 5.54. The van der Waals surface area contributed by atoms with E-state index in [0.717, 1.165) is 34.3 Å². The smallest absolute Gasteiger partial charge is 0.110 e. The Morgan fingerprint density at radius 2 is 2.06 bits per heavy atom. The standard InChI is InChI=1S/C14H20N2OS/c1-9-6-11(10(2)17-9)12-8-18-13(16-12)7-15-14(3,4)5/h6,8,15H,7H2,1-5H3. The van der Waals surface area contributed by atoms with Crippen molar-refractivity contribution in [2.24, 2.45) is 0 Å². The van der Waals surface area contributed by atoms with Gasteiger partial charge >= 0.3 is 0 Å². The van der Waals surface area contributed by atoms with Gasteiger partial charge in [0.1, 0.15) is 16.5 Å². The summed E-state index contributed by atoms with van der Waals surface area (Å²) >= 11 is 1.69. The molecule has 1 N–H and O–H groups in total. The van der Waals surface area contributed by atoms with E-state index in [1.807, 2.05) is 19.9 Å². The predicted octanol–water partition coefficient (Wildman–Crippen LogP) is 3.91. The highest BCUT2D eigenvalue weighted by atomic mass is 32.1. The van der Waals surface area contributed by atoms with Gasteiger partial charge in [0.05, 0.1) is 5.69 Å². The van der Waals surface area contributed by atoms with Gasteiger partial charge in [-0.3, -0.25) is 0 Å². The number of nitrogens with zero attached hydrogens (tertiary/aromatic N) is 1. The first-order valence-corrected chi connectivity index (χ1v) is 7.00. The van der Waals surface area contributed by atoms with Crippen LogP contribution >= 0.6 is 11.3 Å². The van der Waals surface area contributed by atoms with E-state index in [1.165, 1.54) is 0 Å². The third-order valence-electron chi connectivity index (χ3n) is 2.64. The topological polar surface area (TPSA) is 38.1 Å². The molecular formula is C14H20N2OS. The fourth-order valence-electron chi connectivity index (χ4n) is 1.74. The van der Waals surface area contributed by atoms with E-state index in [2.05, 4.69) is 36.5 Å². The van der Waals surface area contributed by atoms with Gasteiger partial charge in [-0.1, -0.05) is 0 Å². The Morgan fingerprint density at radius 3 is 2.61 bits per heavy atom. The second-order valence-corrected chi connectivity index (χ2v) is 6.50. The number of aromatic nitrogens is 1. The SMILES string of the molecule is Cc1cc(-c2csc(CNC(C)(C)C)n2)c(C)o1. The van der Waals surface area contributed by atoms with E-state index < -0.39 is 0 Å². The van der Waals surface area contributed by atoms with Crippen LogP contribution in [0.15, 0.2) is 15.9 Å². The summed E-state index contributed by atoms with van der Waals surface area (Å²) in [4.78, 5) is 4.65. The summed E-state index contributed by atoms with van der Waals surface area (Å²) in [6.07, 6.45) is 0. The van der Waals surface area contributed by atoms with Gasteiger partial charge in [-0.2, -0.15) is 0 Å². The van der Waals surface area contributed by atoms with Gasteiger partial charge in [0.2, 0.25) is 0 Å². The molecule has 4 heteroatoms. The molecule has 2 aromatic rings. The molecule has 98 valence electrons. The summed E-state index contributed by atoms with van der Waals surface area (Å²) in [7, 11) is 0. The van der Waals surface area contributed by atoms with Crippen LogP contribution in [0.5, 0.6) is 0 Å². The molecule has 0 aromatic carbocycles. The Balaban J connectivity index is 2.13.